The lowest BCUT2D eigenvalue weighted by Gasteiger charge is -2.47. The van der Waals surface area contributed by atoms with Crippen LogP contribution in [0.25, 0.3) is 0 Å². The molecule has 3 fully saturated rings. The van der Waals surface area contributed by atoms with E-state index >= 15 is 0 Å². The summed E-state index contributed by atoms with van der Waals surface area (Å²) in [5, 5.41) is 3.83. The van der Waals surface area contributed by atoms with Gasteiger partial charge in [-0.2, -0.15) is 4.98 Å². The molecule has 0 bridgehead atoms. The Morgan fingerprint density at radius 3 is 2.75 bits per heavy atom. The average molecular weight is 332 g/mol. The van der Waals surface area contributed by atoms with Gasteiger partial charge >= 0.3 is 0 Å². The second-order valence-corrected chi connectivity index (χ2v) is 7.09. The zero-order chi connectivity index (χ0) is 16.7. The highest BCUT2D eigenvalue weighted by Gasteiger charge is 2.38. The third-order valence-corrected chi connectivity index (χ3v) is 5.18. The minimum atomic E-state index is -0.165. The molecule has 0 spiro atoms. The summed E-state index contributed by atoms with van der Waals surface area (Å²) in [6.45, 7) is 7.74. The molecule has 0 radical (unpaired) electrons. The van der Waals surface area contributed by atoms with Crippen molar-refractivity contribution in [3.8, 4) is 0 Å². The highest BCUT2D eigenvalue weighted by atomic mass is 16.5. The molecule has 7 nitrogen and oxygen atoms in total. The lowest BCUT2D eigenvalue weighted by molar-refractivity contribution is -0.137. The van der Waals surface area contributed by atoms with Crippen molar-refractivity contribution in [3.05, 3.63) is 23.4 Å². The standard InChI is InChI=1S/C17H24N4O3/c1-11(13-3-4-13)7-16(22)21-8-14(9-21)20-5-6-23-15(10-20)17-18-12(2)19-24-17/h7,13-15H,3-6,8-10H2,1-2H3/b11-7+. The number of nitrogens with zero attached hydrogens (tertiary/aromatic N) is 4. The van der Waals surface area contributed by atoms with E-state index in [9.17, 15) is 4.79 Å². The molecule has 1 atom stereocenters. The molecule has 0 N–H and O–H groups in total. The molecule has 2 saturated heterocycles. The average Bonchev–Trinajstić information content (AvgIpc) is 3.28. The van der Waals surface area contributed by atoms with Crippen LogP contribution in [-0.2, 0) is 9.53 Å². The highest BCUT2D eigenvalue weighted by Crippen LogP contribution is 2.36. The maximum absolute atomic E-state index is 12.3. The monoisotopic (exact) mass is 332 g/mol. The number of allylic oxidation sites excluding steroid dienone is 1. The Morgan fingerprint density at radius 1 is 1.29 bits per heavy atom. The van der Waals surface area contributed by atoms with Gasteiger partial charge in [0, 0.05) is 38.3 Å². The van der Waals surface area contributed by atoms with Crippen LogP contribution in [0.2, 0.25) is 0 Å². The van der Waals surface area contributed by atoms with E-state index in [4.69, 9.17) is 9.26 Å². The maximum atomic E-state index is 12.3. The molecule has 1 aliphatic carbocycles. The Bertz CT molecular complexity index is 646. The first-order chi connectivity index (χ1) is 11.6. The number of aryl methyl sites for hydroxylation is 1. The number of hydrogen-bond acceptors (Lipinski definition) is 6. The zero-order valence-corrected chi connectivity index (χ0v) is 14.3. The zero-order valence-electron chi connectivity index (χ0n) is 14.3. The minimum absolute atomic E-state index is 0.160. The summed E-state index contributed by atoms with van der Waals surface area (Å²) < 4.78 is 11.0. The van der Waals surface area contributed by atoms with Crippen molar-refractivity contribution >= 4 is 5.91 Å². The van der Waals surface area contributed by atoms with Crippen molar-refractivity contribution in [2.45, 2.75) is 38.8 Å². The molecule has 0 aromatic carbocycles. The lowest BCUT2D eigenvalue weighted by Crippen LogP contribution is -2.62. The number of hydrogen-bond donors (Lipinski definition) is 0. The largest absolute Gasteiger partial charge is 0.366 e. The number of likely N-dealkylation sites (tertiary alicyclic amines) is 1. The number of rotatable bonds is 4. The fourth-order valence-corrected chi connectivity index (χ4v) is 3.40. The smallest absolute Gasteiger partial charge is 0.257 e. The Morgan fingerprint density at radius 2 is 2.08 bits per heavy atom. The van der Waals surface area contributed by atoms with E-state index in [1.807, 2.05) is 11.0 Å². The number of morpholine rings is 1. The number of ether oxygens (including phenoxy) is 1. The van der Waals surface area contributed by atoms with Crippen LogP contribution in [0.4, 0.5) is 0 Å². The van der Waals surface area contributed by atoms with Crippen LogP contribution in [0.15, 0.2) is 16.2 Å². The summed E-state index contributed by atoms with van der Waals surface area (Å²) in [5.41, 5.74) is 1.24. The molecular formula is C17H24N4O3. The number of amides is 1. The lowest BCUT2D eigenvalue weighted by atomic mass is 10.0. The van der Waals surface area contributed by atoms with Crippen molar-refractivity contribution in [2.75, 3.05) is 32.8 Å². The minimum Gasteiger partial charge on any atom is -0.366 e. The Balaban J connectivity index is 1.30. The van der Waals surface area contributed by atoms with Gasteiger partial charge in [-0.15, -0.1) is 0 Å². The fourth-order valence-electron chi connectivity index (χ4n) is 3.40. The molecule has 24 heavy (non-hydrogen) atoms. The summed E-state index contributed by atoms with van der Waals surface area (Å²) in [6, 6.07) is 0.402. The molecule has 1 aromatic rings. The summed E-state index contributed by atoms with van der Waals surface area (Å²) in [6.07, 6.45) is 4.14. The first-order valence-corrected chi connectivity index (χ1v) is 8.73. The van der Waals surface area contributed by atoms with E-state index in [0.717, 1.165) is 26.2 Å². The van der Waals surface area contributed by atoms with Gasteiger partial charge in [0.25, 0.3) is 5.89 Å². The fraction of sp³-hybridized carbons (Fsp3) is 0.706. The van der Waals surface area contributed by atoms with Gasteiger partial charge in [-0.1, -0.05) is 10.7 Å². The van der Waals surface area contributed by atoms with Crippen molar-refractivity contribution in [1.82, 2.24) is 19.9 Å². The molecule has 1 amide bonds. The highest BCUT2D eigenvalue weighted by molar-refractivity contribution is 5.89. The van der Waals surface area contributed by atoms with Gasteiger partial charge in [-0.3, -0.25) is 9.69 Å². The first kappa shape index (κ1) is 15.8. The van der Waals surface area contributed by atoms with Crippen LogP contribution < -0.4 is 0 Å². The second-order valence-electron chi connectivity index (χ2n) is 7.09. The van der Waals surface area contributed by atoms with Crippen LogP contribution in [0.3, 0.4) is 0 Å². The third-order valence-electron chi connectivity index (χ3n) is 5.18. The van der Waals surface area contributed by atoms with E-state index in [1.54, 1.807) is 6.92 Å². The van der Waals surface area contributed by atoms with E-state index in [-0.39, 0.29) is 12.0 Å². The van der Waals surface area contributed by atoms with Crippen LogP contribution in [0.1, 0.15) is 37.6 Å². The second kappa shape index (κ2) is 6.29. The maximum Gasteiger partial charge on any atom is 0.257 e. The molecular weight excluding hydrogens is 308 g/mol. The SMILES string of the molecule is C/C(=C\C(=O)N1CC(N2CCOC(c3nc(C)no3)C2)C1)C1CC1. The summed E-state index contributed by atoms with van der Waals surface area (Å²) in [7, 11) is 0. The van der Waals surface area contributed by atoms with Gasteiger partial charge in [0.15, 0.2) is 5.82 Å². The van der Waals surface area contributed by atoms with E-state index in [0.29, 0.717) is 30.3 Å². The molecule has 3 heterocycles. The molecule has 1 unspecified atom stereocenters. The van der Waals surface area contributed by atoms with Crippen molar-refractivity contribution in [1.29, 1.82) is 0 Å². The number of carbonyl (C=O) groups is 1. The van der Waals surface area contributed by atoms with Crippen LogP contribution in [0.5, 0.6) is 0 Å². The first-order valence-electron chi connectivity index (χ1n) is 8.73. The van der Waals surface area contributed by atoms with E-state index in [1.165, 1.54) is 18.4 Å². The Hall–Kier alpha value is -1.73. The van der Waals surface area contributed by atoms with E-state index in [2.05, 4.69) is 22.0 Å². The molecule has 130 valence electrons. The molecule has 3 aliphatic rings. The number of carbonyl (C=O) groups excluding carboxylic acids is 1. The predicted octanol–water partition coefficient (Wildman–Crippen LogP) is 1.32. The Labute approximate surface area is 141 Å². The normalized spacial score (nSPS) is 26.5. The van der Waals surface area contributed by atoms with Gasteiger partial charge in [0.1, 0.15) is 6.10 Å². The quantitative estimate of drug-likeness (QED) is 0.775. The third kappa shape index (κ3) is 3.23. The molecule has 2 aliphatic heterocycles. The van der Waals surface area contributed by atoms with Gasteiger partial charge in [0.05, 0.1) is 6.61 Å². The van der Waals surface area contributed by atoms with Crippen molar-refractivity contribution in [2.24, 2.45) is 5.92 Å². The van der Waals surface area contributed by atoms with Crippen LogP contribution in [0, 0.1) is 12.8 Å². The predicted molar refractivity (Wildman–Crippen MR) is 86.2 cm³/mol. The Kier molecular flexibility index (Phi) is 4.14. The molecule has 4 rings (SSSR count). The van der Waals surface area contributed by atoms with Gasteiger partial charge in [-0.25, -0.2) is 0 Å². The number of aromatic nitrogens is 2. The van der Waals surface area contributed by atoms with Gasteiger partial charge < -0.3 is 14.2 Å². The molecule has 7 heteroatoms. The summed E-state index contributed by atoms with van der Waals surface area (Å²) >= 11 is 0. The van der Waals surface area contributed by atoms with Crippen molar-refractivity contribution < 1.29 is 14.1 Å². The molecule has 1 aromatic heterocycles. The van der Waals surface area contributed by atoms with Gasteiger partial charge in [-0.05, 0) is 32.6 Å². The van der Waals surface area contributed by atoms with Gasteiger partial charge in [0.2, 0.25) is 5.91 Å². The molecule has 1 saturated carbocycles. The summed E-state index contributed by atoms with van der Waals surface area (Å²) in [4.78, 5) is 20.8. The topological polar surface area (TPSA) is 71.7 Å². The summed E-state index contributed by atoms with van der Waals surface area (Å²) in [5.74, 6) is 1.99. The van der Waals surface area contributed by atoms with E-state index < -0.39 is 0 Å². The van der Waals surface area contributed by atoms with Crippen LogP contribution >= 0.6 is 0 Å². The van der Waals surface area contributed by atoms with Crippen LogP contribution in [-0.4, -0.2) is 64.7 Å². The van der Waals surface area contributed by atoms with Crippen molar-refractivity contribution in [3.63, 3.8) is 0 Å².